The van der Waals surface area contributed by atoms with Crippen molar-refractivity contribution in [1.82, 2.24) is 0 Å². The van der Waals surface area contributed by atoms with Crippen LogP contribution in [0.2, 0.25) is 0 Å². The van der Waals surface area contributed by atoms with Gasteiger partial charge in [0.1, 0.15) is 6.10 Å². The molecule has 0 aliphatic carbocycles. The first kappa shape index (κ1) is 11.4. The molecule has 0 aromatic heterocycles. The molecule has 0 radical (unpaired) electrons. The van der Waals surface area contributed by atoms with Crippen LogP contribution < -0.4 is 0 Å². The highest BCUT2D eigenvalue weighted by Gasteiger charge is 1.94. The number of hydrogen-bond acceptors (Lipinski definition) is 3. The van der Waals surface area contributed by atoms with E-state index < -0.39 is 6.10 Å². The van der Waals surface area contributed by atoms with Gasteiger partial charge < -0.3 is 15.3 Å². The minimum atomic E-state index is -0.705. The van der Waals surface area contributed by atoms with Crippen molar-refractivity contribution in [2.45, 2.75) is 31.8 Å². The van der Waals surface area contributed by atoms with Gasteiger partial charge in [0, 0.05) is 26.1 Å². The van der Waals surface area contributed by atoms with Crippen molar-refractivity contribution in [2.24, 2.45) is 0 Å². The zero-order valence-electron chi connectivity index (χ0n) is 7.16. The fourth-order valence-corrected chi connectivity index (χ4v) is 0.710. The number of rotatable bonds is 5. The van der Waals surface area contributed by atoms with E-state index in [4.69, 9.17) is 15.3 Å². The lowest BCUT2D eigenvalue weighted by molar-refractivity contribution is 0.177. The number of hydrogen-bond donors (Lipinski definition) is 3. The van der Waals surface area contributed by atoms with Gasteiger partial charge in [0.05, 0.1) is 0 Å². The summed E-state index contributed by atoms with van der Waals surface area (Å²) in [7, 11) is 0. The SMILES string of the molecule is OCCCCC#CC(O)CCO. The lowest BCUT2D eigenvalue weighted by atomic mass is 10.2. The van der Waals surface area contributed by atoms with Crippen molar-refractivity contribution in [3.05, 3.63) is 0 Å². The van der Waals surface area contributed by atoms with E-state index in [0.717, 1.165) is 12.8 Å². The molecule has 0 heterocycles. The first-order chi connectivity index (χ1) is 5.81. The second kappa shape index (κ2) is 8.54. The molecular weight excluding hydrogens is 156 g/mol. The normalized spacial score (nSPS) is 11.9. The lowest BCUT2D eigenvalue weighted by Gasteiger charge is -1.97. The predicted octanol–water partition coefficient (Wildman–Crippen LogP) is -0.104. The Morgan fingerprint density at radius 2 is 1.83 bits per heavy atom. The molecule has 0 rings (SSSR count). The van der Waals surface area contributed by atoms with Gasteiger partial charge in [0.2, 0.25) is 0 Å². The molecule has 0 aromatic rings. The summed E-state index contributed by atoms with van der Waals surface area (Å²) >= 11 is 0. The Labute approximate surface area is 73.0 Å². The van der Waals surface area contributed by atoms with Gasteiger partial charge in [-0.1, -0.05) is 5.92 Å². The van der Waals surface area contributed by atoms with E-state index in [1.54, 1.807) is 0 Å². The maximum absolute atomic E-state index is 9.02. The molecule has 1 unspecified atom stereocenters. The molecule has 0 aliphatic heterocycles. The Bertz CT molecular complexity index is 146. The van der Waals surface area contributed by atoms with Crippen molar-refractivity contribution < 1.29 is 15.3 Å². The zero-order chi connectivity index (χ0) is 9.23. The van der Waals surface area contributed by atoms with Gasteiger partial charge in [-0.2, -0.15) is 0 Å². The highest BCUT2D eigenvalue weighted by atomic mass is 16.3. The summed E-state index contributed by atoms with van der Waals surface area (Å²) in [6.45, 7) is 0.160. The molecule has 70 valence electrons. The molecule has 0 saturated heterocycles. The minimum absolute atomic E-state index is 0.0352. The van der Waals surface area contributed by atoms with Gasteiger partial charge in [0.25, 0.3) is 0 Å². The first-order valence-corrected chi connectivity index (χ1v) is 4.19. The minimum Gasteiger partial charge on any atom is -0.396 e. The second-order valence-electron chi connectivity index (χ2n) is 2.53. The maximum Gasteiger partial charge on any atom is 0.116 e. The average molecular weight is 172 g/mol. The molecule has 0 aromatic carbocycles. The Morgan fingerprint density at radius 1 is 1.08 bits per heavy atom. The van der Waals surface area contributed by atoms with Crippen LogP contribution in [0.1, 0.15) is 25.7 Å². The summed E-state index contributed by atoms with van der Waals surface area (Å²) in [6.07, 6.45) is 1.92. The fraction of sp³-hybridized carbons (Fsp3) is 0.778. The quantitative estimate of drug-likeness (QED) is 0.401. The van der Waals surface area contributed by atoms with E-state index in [-0.39, 0.29) is 13.2 Å². The molecular formula is C9H16O3. The summed E-state index contributed by atoms with van der Waals surface area (Å²) in [4.78, 5) is 0. The smallest absolute Gasteiger partial charge is 0.116 e. The van der Waals surface area contributed by atoms with Crippen molar-refractivity contribution >= 4 is 0 Å². The monoisotopic (exact) mass is 172 g/mol. The van der Waals surface area contributed by atoms with Crippen LogP contribution in [0, 0.1) is 11.8 Å². The van der Waals surface area contributed by atoms with Gasteiger partial charge in [-0.25, -0.2) is 0 Å². The predicted molar refractivity (Wildman–Crippen MR) is 46.4 cm³/mol. The van der Waals surface area contributed by atoms with Crippen LogP contribution in [0.15, 0.2) is 0 Å². The van der Waals surface area contributed by atoms with E-state index >= 15 is 0 Å². The van der Waals surface area contributed by atoms with Gasteiger partial charge >= 0.3 is 0 Å². The van der Waals surface area contributed by atoms with Crippen molar-refractivity contribution in [1.29, 1.82) is 0 Å². The van der Waals surface area contributed by atoms with Crippen molar-refractivity contribution in [3.8, 4) is 11.8 Å². The van der Waals surface area contributed by atoms with Crippen LogP contribution >= 0.6 is 0 Å². The van der Waals surface area contributed by atoms with Crippen LogP contribution in [0.3, 0.4) is 0 Å². The average Bonchev–Trinajstić information content (AvgIpc) is 2.05. The van der Waals surface area contributed by atoms with E-state index in [2.05, 4.69) is 11.8 Å². The molecule has 3 N–H and O–H groups in total. The Balaban J connectivity index is 3.31. The van der Waals surface area contributed by atoms with Crippen LogP contribution in [-0.4, -0.2) is 34.6 Å². The molecule has 0 fully saturated rings. The van der Waals surface area contributed by atoms with Gasteiger partial charge in [-0.15, -0.1) is 5.92 Å². The van der Waals surface area contributed by atoms with Crippen molar-refractivity contribution in [2.75, 3.05) is 13.2 Å². The van der Waals surface area contributed by atoms with E-state index in [0.29, 0.717) is 12.8 Å². The lowest BCUT2D eigenvalue weighted by Crippen LogP contribution is -2.04. The maximum atomic E-state index is 9.02. The van der Waals surface area contributed by atoms with Crippen LogP contribution in [0.5, 0.6) is 0 Å². The van der Waals surface area contributed by atoms with Gasteiger partial charge in [0.15, 0.2) is 0 Å². The molecule has 3 nitrogen and oxygen atoms in total. The third kappa shape index (κ3) is 7.55. The van der Waals surface area contributed by atoms with E-state index in [1.807, 2.05) is 0 Å². The summed E-state index contributed by atoms with van der Waals surface area (Å²) in [5.74, 6) is 5.39. The third-order valence-corrected chi connectivity index (χ3v) is 1.38. The summed E-state index contributed by atoms with van der Waals surface area (Å²) in [6, 6.07) is 0. The molecule has 0 amide bonds. The molecule has 0 bridgehead atoms. The first-order valence-electron chi connectivity index (χ1n) is 4.19. The molecule has 0 spiro atoms. The molecule has 0 aliphatic rings. The third-order valence-electron chi connectivity index (χ3n) is 1.38. The number of unbranched alkanes of at least 4 members (excludes halogenated alkanes) is 2. The van der Waals surface area contributed by atoms with E-state index in [9.17, 15) is 0 Å². The Hall–Kier alpha value is -0.560. The standard InChI is InChI=1S/C9H16O3/c10-7-4-2-1-3-5-9(12)6-8-11/h9-12H,1-2,4,6-8H2. The number of aliphatic hydroxyl groups is 3. The summed E-state index contributed by atoms with van der Waals surface area (Å²) in [5, 5.41) is 25.9. The van der Waals surface area contributed by atoms with Gasteiger partial charge in [-0.05, 0) is 12.8 Å². The Morgan fingerprint density at radius 3 is 2.42 bits per heavy atom. The zero-order valence-corrected chi connectivity index (χ0v) is 7.16. The highest BCUT2D eigenvalue weighted by molar-refractivity contribution is 5.04. The van der Waals surface area contributed by atoms with Crippen molar-refractivity contribution in [3.63, 3.8) is 0 Å². The topological polar surface area (TPSA) is 60.7 Å². The highest BCUT2D eigenvalue weighted by Crippen LogP contribution is 1.93. The van der Waals surface area contributed by atoms with E-state index in [1.165, 1.54) is 0 Å². The second-order valence-corrected chi connectivity index (χ2v) is 2.53. The molecule has 1 atom stereocenters. The fourth-order valence-electron chi connectivity index (χ4n) is 0.710. The summed E-state index contributed by atoms with van der Waals surface area (Å²) in [5.41, 5.74) is 0. The molecule has 3 heteroatoms. The molecule has 0 saturated carbocycles. The Kier molecular flexibility index (Phi) is 8.14. The van der Waals surface area contributed by atoms with Crippen LogP contribution in [0.25, 0.3) is 0 Å². The van der Waals surface area contributed by atoms with Gasteiger partial charge in [-0.3, -0.25) is 0 Å². The largest absolute Gasteiger partial charge is 0.396 e. The van der Waals surface area contributed by atoms with Crippen LogP contribution in [-0.2, 0) is 0 Å². The molecule has 12 heavy (non-hydrogen) atoms. The van der Waals surface area contributed by atoms with Crippen LogP contribution in [0.4, 0.5) is 0 Å². The number of aliphatic hydroxyl groups excluding tert-OH is 3. The summed E-state index contributed by atoms with van der Waals surface area (Å²) < 4.78 is 0.